The monoisotopic (exact) mass is 355 g/mol. The van der Waals surface area contributed by atoms with E-state index in [1.54, 1.807) is 12.1 Å². The number of amides is 1. The van der Waals surface area contributed by atoms with Crippen molar-refractivity contribution in [3.63, 3.8) is 0 Å². The molecule has 2 aromatic rings. The molecule has 1 saturated heterocycles. The summed E-state index contributed by atoms with van der Waals surface area (Å²) in [4.78, 5) is 17.6. The number of hydrogen-bond acceptors (Lipinski definition) is 4. The number of carbonyl (C=O) groups is 1. The highest BCUT2D eigenvalue weighted by atomic mass is 19.1. The van der Waals surface area contributed by atoms with Gasteiger partial charge in [0.05, 0.1) is 6.61 Å². The number of primary amides is 1. The van der Waals surface area contributed by atoms with Crippen LogP contribution in [0.15, 0.2) is 42.6 Å². The Morgan fingerprint density at radius 3 is 2.62 bits per heavy atom. The Bertz CT molecular complexity index is 786. The van der Waals surface area contributed by atoms with E-state index < -0.39 is 6.09 Å². The van der Waals surface area contributed by atoms with Crippen molar-refractivity contribution in [3.8, 4) is 11.1 Å². The smallest absolute Gasteiger partial charge is 0.404 e. The van der Waals surface area contributed by atoms with Gasteiger partial charge in [0.25, 0.3) is 0 Å². The summed E-state index contributed by atoms with van der Waals surface area (Å²) in [5.74, 6) is 1.17. The standard InChI is InChI=1S/C20H22FN3O2/c21-17-4-1-15(2-5-17)16-3-6-18(23-11-16)24-8-7-20(13-24)9-14(10-20)12-26-19(22)25/h1-6,11,14H,7-10,12-13H2,(H2,22,25). The van der Waals surface area contributed by atoms with Crippen LogP contribution < -0.4 is 10.6 Å². The van der Waals surface area contributed by atoms with Gasteiger partial charge in [0.2, 0.25) is 0 Å². The lowest BCUT2D eigenvalue weighted by atomic mass is 9.62. The van der Waals surface area contributed by atoms with Crippen molar-refractivity contribution >= 4 is 11.9 Å². The number of halogens is 1. The number of aromatic nitrogens is 1. The lowest BCUT2D eigenvalue weighted by Crippen LogP contribution is -2.42. The maximum Gasteiger partial charge on any atom is 0.404 e. The first-order chi connectivity index (χ1) is 12.5. The third kappa shape index (κ3) is 3.36. The normalized spacial score (nSPS) is 24.5. The molecule has 0 bridgehead atoms. The van der Waals surface area contributed by atoms with Crippen LogP contribution in [0, 0.1) is 17.2 Å². The second-order valence-corrected chi connectivity index (χ2v) is 7.49. The van der Waals surface area contributed by atoms with Crippen molar-refractivity contribution in [1.29, 1.82) is 0 Å². The second kappa shape index (κ2) is 6.59. The SMILES string of the molecule is NC(=O)OCC1CC2(CCN(c3ccc(-c4ccc(F)cc4)cn3)C2)C1. The summed E-state index contributed by atoms with van der Waals surface area (Å²) in [7, 11) is 0. The summed E-state index contributed by atoms with van der Waals surface area (Å²) in [6, 6.07) is 10.5. The van der Waals surface area contributed by atoms with Crippen LogP contribution in [0.3, 0.4) is 0 Å². The van der Waals surface area contributed by atoms with Crippen LogP contribution in [0.5, 0.6) is 0 Å². The summed E-state index contributed by atoms with van der Waals surface area (Å²) in [6.45, 7) is 2.41. The van der Waals surface area contributed by atoms with Gasteiger partial charge in [-0.2, -0.15) is 0 Å². The molecule has 2 N–H and O–H groups in total. The zero-order valence-electron chi connectivity index (χ0n) is 14.5. The molecule has 1 aliphatic heterocycles. The largest absolute Gasteiger partial charge is 0.449 e. The van der Waals surface area contributed by atoms with E-state index in [9.17, 15) is 9.18 Å². The van der Waals surface area contributed by atoms with Crippen LogP contribution in [-0.2, 0) is 4.74 Å². The van der Waals surface area contributed by atoms with Gasteiger partial charge in [-0.25, -0.2) is 14.2 Å². The van der Waals surface area contributed by atoms with Crippen molar-refractivity contribution in [1.82, 2.24) is 4.98 Å². The van der Waals surface area contributed by atoms with Gasteiger partial charge in [0.15, 0.2) is 0 Å². The highest BCUT2D eigenvalue weighted by molar-refractivity contribution is 5.64. The summed E-state index contributed by atoms with van der Waals surface area (Å²) in [5, 5.41) is 0. The molecule has 1 amide bonds. The molecule has 5 nitrogen and oxygen atoms in total. The number of nitrogens with two attached hydrogens (primary N) is 1. The first kappa shape index (κ1) is 16.8. The van der Waals surface area contributed by atoms with E-state index in [2.05, 4.69) is 9.88 Å². The number of pyridine rings is 1. The average Bonchev–Trinajstić information content (AvgIpc) is 3.05. The molecule has 2 fully saturated rings. The Morgan fingerprint density at radius 1 is 1.23 bits per heavy atom. The Labute approximate surface area is 152 Å². The highest BCUT2D eigenvalue weighted by Crippen LogP contribution is 2.52. The third-order valence-electron chi connectivity index (χ3n) is 5.59. The zero-order chi connectivity index (χ0) is 18.1. The lowest BCUT2D eigenvalue weighted by molar-refractivity contribution is 0.0256. The molecule has 1 aliphatic carbocycles. The number of ether oxygens (including phenoxy) is 1. The van der Waals surface area contributed by atoms with E-state index in [1.807, 2.05) is 18.3 Å². The van der Waals surface area contributed by atoms with Crippen LogP contribution >= 0.6 is 0 Å². The van der Waals surface area contributed by atoms with Crippen molar-refractivity contribution in [2.24, 2.45) is 17.1 Å². The van der Waals surface area contributed by atoms with Gasteiger partial charge in [0.1, 0.15) is 11.6 Å². The van der Waals surface area contributed by atoms with Gasteiger partial charge >= 0.3 is 6.09 Å². The van der Waals surface area contributed by atoms with Gasteiger partial charge in [-0.15, -0.1) is 0 Å². The van der Waals surface area contributed by atoms with E-state index in [0.717, 1.165) is 49.3 Å². The van der Waals surface area contributed by atoms with E-state index in [1.165, 1.54) is 12.1 Å². The van der Waals surface area contributed by atoms with Crippen molar-refractivity contribution in [2.75, 3.05) is 24.6 Å². The fourth-order valence-electron chi connectivity index (χ4n) is 4.33. The van der Waals surface area contributed by atoms with Crippen LogP contribution in [0.1, 0.15) is 19.3 Å². The quantitative estimate of drug-likeness (QED) is 0.910. The molecule has 0 unspecified atom stereocenters. The van der Waals surface area contributed by atoms with Crippen molar-refractivity contribution in [3.05, 3.63) is 48.4 Å². The molecular formula is C20H22FN3O2. The topological polar surface area (TPSA) is 68.5 Å². The summed E-state index contributed by atoms with van der Waals surface area (Å²) in [6.07, 6.45) is 4.44. The van der Waals surface area contributed by atoms with Crippen LogP contribution in [-0.4, -0.2) is 30.8 Å². The van der Waals surface area contributed by atoms with Crippen molar-refractivity contribution in [2.45, 2.75) is 19.3 Å². The summed E-state index contributed by atoms with van der Waals surface area (Å²) < 4.78 is 18.0. The zero-order valence-corrected chi connectivity index (χ0v) is 14.5. The van der Waals surface area contributed by atoms with Gasteiger partial charge in [-0.3, -0.25) is 0 Å². The van der Waals surface area contributed by atoms with Gasteiger partial charge in [-0.05, 0) is 60.4 Å². The number of nitrogens with zero attached hydrogens (tertiary/aromatic N) is 2. The molecule has 0 radical (unpaired) electrons. The second-order valence-electron chi connectivity index (χ2n) is 7.49. The van der Waals surface area contributed by atoms with Crippen LogP contribution in [0.2, 0.25) is 0 Å². The number of carbonyl (C=O) groups excluding carboxylic acids is 1. The Morgan fingerprint density at radius 2 is 1.96 bits per heavy atom. The predicted octanol–water partition coefficient (Wildman–Crippen LogP) is 3.59. The number of rotatable bonds is 4. The van der Waals surface area contributed by atoms with Gasteiger partial charge in [0, 0.05) is 24.8 Å². The molecule has 0 atom stereocenters. The summed E-state index contributed by atoms with van der Waals surface area (Å²) >= 11 is 0. The molecule has 136 valence electrons. The Hall–Kier alpha value is -2.63. The molecular weight excluding hydrogens is 333 g/mol. The molecule has 1 aromatic carbocycles. The van der Waals surface area contributed by atoms with E-state index >= 15 is 0 Å². The van der Waals surface area contributed by atoms with E-state index in [-0.39, 0.29) is 5.82 Å². The highest BCUT2D eigenvalue weighted by Gasteiger charge is 2.48. The predicted molar refractivity (Wildman–Crippen MR) is 97.2 cm³/mol. The molecule has 4 rings (SSSR count). The van der Waals surface area contributed by atoms with Crippen molar-refractivity contribution < 1.29 is 13.9 Å². The van der Waals surface area contributed by atoms with E-state index in [4.69, 9.17) is 10.5 Å². The lowest BCUT2D eigenvalue weighted by Gasteiger charge is -2.44. The Kier molecular flexibility index (Phi) is 4.26. The number of hydrogen-bond donors (Lipinski definition) is 1. The minimum atomic E-state index is -0.690. The Balaban J connectivity index is 1.36. The van der Waals surface area contributed by atoms with Gasteiger partial charge in [-0.1, -0.05) is 12.1 Å². The third-order valence-corrected chi connectivity index (χ3v) is 5.59. The summed E-state index contributed by atoms with van der Waals surface area (Å²) in [5.41, 5.74) is 7.29. The molecule has 1 aromatic heterocycles. The minimum absolute atomic E-state index is 0.235. The fourth-order valence-corrected chi connectivity index (χ4v) is 4.33. The molecule has 6 heteroatoms. The average molecular weight is 355 g/mol. The molecule has 2 heterocycles. The fraction of sp³-hybridized carbons (Fsp3) is 0.400. The molecule has 2 aliphatic rings. The molecule has 1 saturated carbocycles. The van der Waals surface area contributed by atoms with Gasteiger partial charge < -0.3 is 15.4 Å². The first-order valence-corrected chi connectivity index (χ1v) is 8.92. The first-order valence-electron chi connectivity index (χ1n) is 8.92. The number of anilines is 1. The minimum Gasteiger partial charge on any atom is -0.449 e. The molecule has 1 spiro atoms. The maximum atomic E-state index is 13.0. The maximum absolute atomic E-state index is 13.0. The number of benzene rings is 1. The van der Waals surface area contributed by atoms with E-state index in [0.29, 0.717) is 17.9 Å². The van der Waals surface area contributed by atoms with Crippen LogP contribution in [0.4, 0.5) is 15.0 Å². The molecule has 26 heavy (non-hydrogen) atoms. The van der Waals surface area contributed by atoms with Crippen LogP contribution in [0.25, 0.3) is 11.1 Å².